The van der Waals surface area contributed by atoms with Gasteiger partial charge in [-0.15, -0.1) is 0 Å². The van der Waals surface area contributed by atoms with E-state index in [1.165, 1.54) is 0 Å². The molecule has 1 amide bonds. The fourth-order valence-electron chi connectivity index (χ4n) is 5.02. The SMILES string of the molecule is CC(C)(C)OC(=O)N1CCC(Oc2ccc(-c3c[nH]c4ncc(/C=C/CN5CCOCC5)cc34)cc2C#N)CC1. The Morgan fingerprint density at radius 3 is 2.70 bits per heavy atom. The summed E-state index contributed by atoms with van der Waals surface area (Å²) in [6, 6.07) is 10.1. The fourth-order valence-corrected chi connectivity index (χ4v) is 5.02. The Morgan fingerprint density at radius 2 is 1.98 bits per heavy atom. The number of carbonyl (C=O) groups excluding carboxylic acids is 1. The molecule has 210 valence electrons. The number of hydrogen-bond donors (Lipinski definition) is 1. The molecule has 9 nitrogen and oxygen atoms in total. The van der Waals surface area contributed by atoms with Crippen LogP contribution in [0.5, 0.6) is 5.75 Å². The highest BCUT2D eigenvalue weighted by Gasteiger charge is 2.28. The minimum atomic E-state index is -0.518. The summed E-state index contributed by atoms with van der Waals surface area (Å²) in [5.41, 5.74) is 3.70. The highest BCUT2D eigenvalue weighted by Crippen LogP contribution is 2.33. The van der Waals surface area contributed by atoms with Gasteiger partial charge in [-0.2, -0.15) is 5.26 Å². The topological polar surface area (TPSA) is 104 Å². The first-order valence-electron chi connectivity index (χ1n) is 13.9. The molecule has 0 atom stereocenters. The maximum absolute atomic E-state index is 12.4. The van der Waals surface area contributed by atoms with Gasteiger partial charge < -0.3 is 24.1 Å². The van der Waals surface area contributed by atoms with Crippen molar-refractivity contribution < 1.29 is 19.0 Å². The van der Waals surface area contributed by atoms with Crippen molar-refractivity contribution in [3.8, 4) is 22.9 Å². The number of benzene rings is 1. The van der Waals surface area contributed by atoms with Gasteiger partial charge in [-0.05, 0) is 50.1 Å². The Hall–Kier alpha value is -3.87. The van der Waals surface area contributed by atoms with Gasteiger partial charge in [-0.3, -0.25) is 4.90 Å². The molecule has 2 aromatic heterocycles. The van der Waals surface area contributed by atoms with Crippen LogP contribution in [0.1, 0.15) is 44.7 Å². The summed E-state index contributed by atoms with van der Waals surface area (Å²) in [6.07, 6.45) is 9.07. The molecule has 0 unspecified atom stereocenters. The predicted octanol–water partition coefficient (Wildman–Crippen LogP) is 5.23. The van der Waals surface area contributed by atoms with Crippen molar-refractivity contribution in [2.24, 2.45) is 0 Å². The predicted molar refractivity (Wildman–Crippen MR) is 154 cm³/mol. The van der Waals surface area contributed by atoms with Gasteiger partial charge in [0.15, 0.2) is 0 Å². The first kappa shape index (κ1) is 27.7. The number of likely N-dealkylation sites (tertiary alicyclic amines) is 1. The molecule has 0 spiro atoms. The number of fused-ring (bicyclic) bond motifs is 1. The molecule has 2 saturated heterocycles. The average Bonchev–Trinajstić information content (AvgIpc) is 3.37. The van der Waals surface area contributed by atoms with Gasteiger partial charge in [-0.1, -0.05) is 18.2 Å². The van der Waals surface area contributed by atoms with Crippen molar-refractivity contribution in [1.29, 1.82) is 5.26 Å². The second kappa shape index (κ2) is 12.1. The molecular formula is C31H37N5O4. The monoisotopic (exact) mass is 543 g/mol. The zero-order valence-electron chi connectivity index (χ0n) is 23.5. The summed E-state index contributed by atoms with van der Waals surface area (Å²) in [6.45, 7) is 11.1. The number of nitrogens with zero attached hydrogens (tertiary/aromatic N) is 4. The summed E-state index contributed by atoms with van der Waals surface area (Å²) < 4.78 is 17.1. The molecule has 9 heteroatoms. The maximum Gasteiger partial charge on any atom is 0.410 e. The number of ether oxygens (including phenoxy) is 3. The molecule has 0 radical (unpaired) electrons. The minimum absolute atomic E-state index is 0.0688. The third-order valence-electron chi connectivity index (χ3n) is 7.13. The van der Waals surface area contributed by atoms with Gasteiger partial charge in [0.1, 0.15) is 29.2 Å². The van der Waals surface area contributed by atoms with Crippen LogP contribution in [-0.2, 0) is 9.47 Å². The van der Waals surface area contributed by atoms with E-state index in [4.69, 9.17) is 14.2 Å². The van der Waals surface area contributed by atoms with Crippen LogP contribution in [0.15, 0.2) is 42.7 Å². The Kier molecular flexibility index (Phi) is 8.38. The molecule has 1 aromatic carbocycles. The zero-order valence-corrected chi connectivity index (χ0v) is 23.5. The molecule has 0 saturated carbocycles. The highest BCUT2D eigenvalue weighted by molar-refractivity contribution is 5.95. The van der Waals surface area contributed by atoms with Crippen LogP contribution in [0.25, 0.3) is 28.2 Å². The Morgan fingerprint density at radius 1 is 1.20 bits per heavy atom. The number of morpholine rings is 1. The smallest absolute Gasteiger partial charge is 0.410 e. The number of carbonyl (C=O) groups is 1. The van der Waals surface area contributed by atoms with Gasteiger partial charge in [0.25, 0.3) is 0 Å². The molecule has 4 heterocycles. The number of amides is 1. The maximum atomic E-state index is 12.4. The van der Waals surface area contributed by atoms with Crippen LogP contribution in [0.2, 0.25) is 0 Å². The largest absolute Gasteiger partial charge is 0.489 e. The number of rotatable bonds is 6. The van der Waals surface area contributed by atoms with E-state index in [1.807, 2.05) is 51.4 Å². The van der Waals surface area contributed by atoms with Crippen molar-refractivity contribution in [3.05, 3.63) is 53.9 Å². The van der Waals surface area contributed by atoms with E-state index < -0.39 is 5.60 Å². The van der Waals surface area contributed by atoms with E-state index in [0.29, 0.717) is 37.2 Å². The lowest BCUT2D eigenvalue weighted by molar-refractivity contribution is 0.0126. The quantitative estimate of drug-likeness (QED) is 0.454. The summed E-state index contributed by atoms with van der Waals surface area (Å²) >= 11 is 0. The highest BCUT2D eigenvalue weighted by atomic mass is 16.6. The minimum Gasteiger partial charge on any atom is -0.489 e. The Balaban J connectivity index is 1.25. The number of H-pyrrole nitrogens is 1. The van der Waals surface area contributed by atoms with Crippen LogP contribution in [-0.4, -0.2) is 83.5 Å². The molecular weight excluding hydrogens is 506 g/mol. The molecule has 40 heavy (non-hydrogen) atoms. The fraction of sp³-hybridized carbons (Fsp3) is 0.452. The number of aromatic amines is 1. The van der Waals surface area contributed by atoms with Crippen LogP contribution in [0.4, 0.5) is 4.79 Å². The summed E-state index contributed by atoms with van der Waals surface area (Å²) in [5.74, 6) is 0.562. The third kappa shape index (κ3) is 6.82. The number of pyridine rings is 1. The van der Waals surface area contributed by atoms with E-state index in [0.717, 1.165) is 60.6 Å². The van der Waals surface area contributed by atoms with Crippen LogP contribution in [0.3, 0.4) is 0 Å². The molecule has 1 N–H and O–H groups in total. The molecule has 2 aliphatic heterocycles. The number of piperidine rings is 1. The van der Waals surface area contributed by atoms with Crippen molar-refractivity contribution in [2.45, 2.75) is 45.3 Å². The number of hydrogen-bond acceptors (Lipinski definition) is 7. The summed E-state index contributed by atoms with van der Waals surface area (Å²) in [5, 5.41) is 10.9. The van der Waals surface area contributed by atoms with E-state index in [-0.39, 0.29) is 12.2 Å². The second-order valence-electron chi connectivity index (χ2n) is 11.3. The van der Waals surface area contributed by atoms with Crippen molar-refractivity contribution in [2.75, 3.05) is 45.9 Å². The first-order valence-corrected chi connectivity index (χ1v) is 13.9. The number of aromatic nitrogens is 2. The van der Waals surface area contributed by atoms with Crippen LogP contribution >= 0.6 is 0 Å². The van der Waals surface area contributed by atoms with Gasteiger partial charge >= 0.3 is 6.09 Å². The third-order valence-corrected chi connectivity index (χ3v) is 7.13. The lowest BCUT2D eigenvalue weighted by Gasteiger charge is -2.33. The molecule has 2 fully saturated rings. The van der Waals surface area contributed by atoms with Crippen LogP contribution in [0, 0.1) is 11.3 Å². The molecule has 3 aromatic rings. The van der Waals surface area contributed by atoms with Gasteiger partial charge in [0, 0.05) is 68.9 Å². The zero-order chi connectivity index (χ0) is 28.1. The van der Waals surface area contributed by atoms with Crippen LogP contribution < -0.4 is 4.74 Å². The average molecular weight is 544 g/mol. The summed E-state index contributed by atoms with van der Waals surface area (Å²) in [4.78, 5) is 24.3. The number of nitriles is 1. The van der Waals surface area contributed by atoms with E-state index in [9.17, 15) is 10.1 Å². The van der Waals surface area contributed by atoms with Crippen molar-refractivity contribution in [1.82, 2.24) is 19.8 Å². The van der Waals surface area contributed by atoms with Gasteiger partial charge in [0.2, 0.25) is 0 Å². The molecule has 2 aliphatic rings. The standard InChI is InChI=1S/C31H37N5O4/c1-31(2,3)40-30(37)36-11-8-25(9-12-36)39-28-7-6-23(18-24(28)19-32)27-21-34-29-26(27)17-22(20-33-29)5-4-10-35-13-15-38-16-14-35/h4-7,17-18,20-21,25H,8-16H2,1-3H3,(H,33,34)/b5-4+. The van der Waals surface area contributed by atoms with Gasteiger partial charge in [0.05, 0.1) is 18.8 Å². The molecule has 5 rings (SSSR count). The van der Waals surface area contributed by atoms with Crippen molar-refractivity contribution >= 4 is 23.2 Å². The number of nitrogens with one attached hydrogen (secondary N) is 1. The Bertz CT molecular complexity index is 1400. The van der Waals surface area contributed by atoms with Crippen molar-refractivity contribution in [3.63, 3.8) is 0 Å². The molecule has 0 aliphatic carbocycles. The lowest BCUT2D eigenvalue weighted by atomic mass is 10.0. The van der Waals surface area contributed by atoms with E-state index >= 15 is 0 Å². The van der Waals surface area contributed by atoms with Gasteiger partial charge in [-0.25, -0.2) is 9.78 Å². The van der Waals surface area contributed by atoms with E-state index in [2.05, 4.69) is 39.2 Å². The van der Waals surface area contributed by atoms with E-state index in [1.54, 1.807) is 4.90 Å². The first-order chi connectivity index (χ1) is 19.3. The normalized spacial score (nSPS) is 17.3. The second-order valence-corrected chi connectivity index (χ2v) is 11.3. The summed E-state index contributed by atoms with van der Waals surface area (Å²) in [7, 11) is 0. The molecule has 0 bridgehead atoms. The Labute approximate surface area is 235 Å². The lowest BCUT2D eigenvalue weighted by Crippen LogP contribution is -2.44.